The zero-order valence-electron chi connectivity index (χ0n) is 17.2. The van der Waals surface area contributed by atoms with Crippen molar-refractivity contribution in [1.29, 1.82) is 0 Å². The first kappa shape index (κ1) is 22.4. The molecule has 2 heteroatoms. The molecule has 0 N–H and O–H groups in total. The van der Waals surface area contributed by atoms with Gasteiger partial charge in [-0.15, -0.1) is 0 Å². The smallest absolute Gasteiger partial charge is 0.192 e. The fraction of sp³-hybridized carbons (Fsp3) is 0.714. The van der Waals surface area contributed by atoms with Gasteiger partial charge in [-0.3, -0.25) is 0 Å². The number of hydrogen-bond acceptors (Lipinski definition) is 1. The second-order valence-corrected chi connectivity index (χ2v) is 13.3. The van der Waals surface area contributed by atoms with Crippen molar-refractivity contribution in [2.24, 2.45) is 0 Å². The van der Waals surface area contributed by atoms with E-state index in [4.69, 9.17) is 4.43 Å². The molecule has 0 aliphatic rings. The summed E-state index contributed by atoms with van der Waals surface area (Å²) in [5, 5.41) is 0.292. The first-order valence-electron chi connectivity index (χ1n) is 9.04. The van der Waals surface area contributed by atoms with Gasteiger partial charge in [0.1, 0.15) is 0 Å². The summed E-state index contributed by atoms with van der Waals surface area (Å²) in [6.45, 7) is 21.1. The quantitative estimate of drug-likeness (QED) is 0.314. The molecule has 0 bridgehead atoms. The molecular formula is C21H40OSi. The van der Waals surface area contributed by atoms with Crippen LogP contribution in [-0.4, -0.2) is 14.9 Å². The molecule has 0 saturated carbocycles. The molecule has 0 radical (unpaired) electrons. The van der Waals surface area contributed by atoms with Crippen molar-refractivity contribution in [3.8, 4) is 0 Å². The van der Waals surface area contributed by atoms with Gasteiger partial charge in [0.25, 0.3) is 0 Å². The van der Waals surface area contributed by atoms with E-state index in [2.05, 4.69) is 79.8 Å². The van der Waals surface area contributed by atoms with E-state index in [0.29, 0.717) is 5.04 Å². The van der Waals surface area contributed by atoms with E-state index in [1.165, 1.54) is 29.6 Å². The molecule has 23 heavy (non-hydrogen) atoms. The molecule has 134 valence electrons. The van der Waals surface area contributed by atoms with Crippen LogP contribution in [0.15, 0.2) is 34.9 Å². The van der Waals surface area contributed by atoms with Gasteiger partial charge in [-0.05, 0) is 71.5 Å². The average molecular weight is 337 g/mol. The maximum atomic E-state index is 6.21. The van der Waals surface area contributed by atoms with Gasteiger partial charge in [-0.2, -0.15) is 0 Å². The molecule has 0 fully saturated rings. The van der Waals surface area contributed by atoms with Crippen molar-refractivity contribution in [2.45, 2.75) is 92.3 Å². The van der Waals surface area contributed by atoms with Crippen molar-refractivity contribution in [1.82, 2.24) is 0 Å². The van der Waals surface area contributed by atoms with E-state index in [1.807, 2.05) is 0 Å². The zero-order valence-corrected chi connectivity index (χ0v) is 18.2. The van der Waals surface area contributed by atoms with E-state index in [0.717, 1.165) is 19.4 Å². The Bertz CT molecular complexity index is 429. The first-order valence-corrected chi connectivity index (χ1v) is 11.9. The molecule has 0 aliphatic carbocycles. The molecular weight excluding hydrogens is 296 g/mol. The molecule has 0 aromatic carbocycles. The van der Waals surface area contributed by atoms with Crippen LogP contribution in [0.25, 0.3) is 0 Å². The molecule has 0 unspecified atom stereocenters. The summed E-state index contributed by atoms with van der Waals surface area (Å²) < 4.78 is 6.21. The summed E-state index contributed by atoms with van der Waals surface area (Å²) in [7, 11) is -1.61. The van der Waals surface area contributed by atoms with Gasteiger partial charge in [0.15, 0.2) is 8.32 Å². The first-order chi connectivity index (χ1) is 10.5. The lowest BCUT2D eigenvalue weighted by molar-refractivity contribution is 0.327. The lowest BCUT2D eigenvalue weighted by Gasteiger charge is -2.35. The van der Waals surface area contributed by atoms with Crippen LogP contribution in [0.1, 0.15) is 74.1 Å². The van der Waals surface area contributed by atoms with Crippen molar-refractivity contribution >= 4 is 8.32 Å². The maximum Gasteiger partial charge on any atom is 0.192 e. The fourth-order valence-corrected chi connectivity index (χ4v) is 2.88. The number of hydrogen-bond donors (Lipinski definition) is 0. The maximum absolute atomic E-state index is 6.21. The minimum absolute atomic E-state index is 0.292. The highest BCUT2D eigenvalue weighted by atomic mass is 28.4. The standard InChI is InChI=1S/C21H40OSi/c1-18(2)12-10-13-19(3)14-11-15-20(4)16-17-22-23(8,9)21(5,6)7/h12,14,16H,10-11,13,15,17H2,1-9H3/b19-14+,20-16+. The molecule has 0 aliphatic heterocycles. The summed E-state index contributed by atoms with van der Waals surface area (Å²) in [5.74, 6) is 0. The van der Waals surface area contributed by atoms with Gasteiger partial charge in [0.2, 0.25) is 0 Å². The molecule has 0 heterocycles. The Kier molecular flexibility index (Phi) is 10.0. The molecule has 0 rings (SSSR count). The van der Waals surface area contributed by atoms with Crippen LogP contribution in [0.4, 0.5) is 0 Å². The van der Waals surface area contributed by atoms with Gasteiger partial charge in [0, 0.05) is 0 Å². The summed E-state index contributed by atoms with van der Waals surface area (Å²) >= 11 is 0. The highest BCUT2D eigenvalue weighted by Gasteiger charge is 2.36. The van der Waals surface area contributed by atoms with Gasteiger partial charge in [0.05, 0.1) is 6.61 Å². The van der Waals surface area contributed by atoms with Gasteiger partial charge in [-0.25, -0.2) is 0 Å². The molecule has 1 nitrogen and oxygen atoms in total. The average Bonchev–Trinajstić information content (AvgIpc) is 2.36. The highest BCUT2D eigenvalue weighted by molar-refractivity contribution is 6.74. The minimum atomic E-state index is -1.61. The second kappa shape index (κ2) is 10.3. The predicted octanol–water partition coefficient (Wildman–Crippen LogP) is 7.43. The van der Waals surface area contributed by atoms with E-state index in [-0.39, 0.29) is 0 Å². The zero-order chi connectivity index (χ0) is 18.1. The lowest BCUT2D eigenvalue weighted by atomic mass is 10.1. The normalized spacial score (nSPS) is 14.1. The minimum Gasteiger partial charge on any atom is -0.413 e. The third-order valence-corrected chi connectivity index (χ3v) is 9.31. The van der Waals surface area contributed by atoms with Crippen molar-refractivity contribution in [2.75, 3.05) is 6.61 Å². The van der Waals surface area contributed by atoms with E-state index < -0.39 is 8.32 Å². The largest absolute Gasteiger partial charge is 0.413 e. The van der Waals surface area contributed by atoms with Gasteiger partial charge >= 0.3 is 0 Å². The Morgan fingerprint density at radius 3 is 1.78 bits per heavy atom. The van der Waals surface area contributed by atoms with Gasteiger partial charge < -0.3 is 4.43 Å². The van der Waals surface area contributed by atoms with E-state index in [9.17, 15) is 0 Å². The van der Waals surface area contributed by atoms with Crippen LogP contribution in [0, 0.1) is 0 Å². The molecule has 0 spiro atoms. The van der Waals surface area contributed by atoms with Crippen LogP contribution in [0.2, 0.25) is 18.1 Å². The topological polar surface area (TPSA) is 9.23 Å². The fourth-order valence-electron chi connectivity index (χ4n) is 1.95. The summed E-state index contributed by atoms with van der Waals surface area (Å²) in [6, 6.07) is 0. The van der Waals surface area contributed by atoms with E-state index >= 15 is 0 Å². The third kappa shape index (κ3) is 10.7. The Morgan fingerprint density at radius 1 is 0.826 bits per heavy atom. The molecule has 0 aromatic heterocycles. The molecule has 0 atom stereocenters. The Labute approximate surface area is 147 Å². The molecule has 0 aromatic rings. The highest BCUT2D eigenvalue weighted by Crippen LogP contribution is 2.36. The van der Waals surface area contributed by atoms with Crippen LogP contribution in [-0.2, 0) is 4.43 Å². The summed E-state index contributed by atoms with van der Waals surface area (Å²) in [4.78, 5) is 0. The van der Waals surface area contributed by atoms with Crippen molar-refractivity contribution in [3.63, 3.8) is 0 Å². The van der Waals surface area contributed by atoms with Crippen molar-refractivity contribution in [3.05, 3.63) is 34.9 Å². The van der Waals surface area contributed by atoms with Crippen LogP contribution in [0.5, 0.6) is 0 Å². The lowest BCUT2D eigenvalue weighted by Crippen LogP contribution is -2.40. The third-order valence-electron chi connectivity index (χ3n) is 4.80. The Morgan fingerprint density at radius 2 is 1.30 bits per heavy atom. The Hall–Kier alpha value is -0.603. The van der Waals surface area contributed by atoms with Crippen LogP contribution in [0.3, 0.4) is 0 Å². The SMILES string of the molecule is CC(C)=CCC/C(C)=C/CC/C(C)=C/CO[Si](C)(C)C(C)(C)C. The molecule has 0 amide bonds. The number of rotatable bonds is 9. The monoisotopic (exact) mass is 336 g/mol. The predicted molar refractivity (Wildman–Crippen MR) is 109 cm³/mol. The van der Waals surface area contributed by atoms with Gasteiger partial charge in [-0.1, -0.05) is 55.7 Å². The second-order valence-electron chi connectivity index (χ2n) is 8.53. The number of allylic oxidation sites excluding steroid dienone is 5. The van der Waals surface area contributed by atoms with Crippen LogP contribution < -0.4 is 0 Å². The van der Waals surface area contributed by atoms with Crippen LogP contribution >= 0.6 is 0 Å². The summed E-state index contributed by atoms with van der Waals surface area (Å²) in [5.41, 5.74) is 4.36. The van der Waals surface area contributed by atoms with E-state index in [1.54, 1.807) is 0 Å². The van der Waals surface area contributed by atoms with Crippen molar-refractivity contribution < 1.29 is 4.43 Å². The Balaban J connectivity index is 4.15. The summed E-state index contributed by atoms with van der Waals surface area (Å²) in [6.07, 6.45) is 11.6. The molecule has 0 saturated heterocycles.